The lowest BCUT2D eigenvalue weighted by atomic mass is 9.79. The Labute approximate surface area is 152 Å². The van der Waals surface area contributed by atoms with Crippen molar-refractivity contribution in [1.29, 1.82) is 0 Å². The van der Waals surface area contributed by atoms with Gasteiger partial charge in [-0.2, -0.15) is 13.2 Å². The van der Waals surface area contributed by atoms with Gasteiger partial charge in [-0.1, -0.05) is 0 Å². The quantitative estimate of drug-likeness (QED) is 0.811. The highest BCUT2D eigenvalue weighted by atomic mass is 19.4. The third-order valence-electron chi connectivity index (χ3n) is 4.85. The summed E-state index contributed by atoms with van der Waals surface area (Å²) in [5.74, 6) is -2.56. The van der Waals surface area contributed by atoms with Crippen molar-refractivity contribution in [3.63, 3.8) is 0 Å². The van der Waals surface area contributed by atoms with Crippen molar-refractivity contribution in [2.45, 2.75) is 18.5 Å². The first kappa shape index (κ1) is 19.3. The summed E-state index contributed by atoms with van der Waals surface area (Å²) >= 11 is 0. The monoisotopic (exact) mass is 384 g/mol. The Kier molecular flexibility index (Phi) is 5.19. The van der Waals surface area contributed by atoms with E-state index in [0.29, 0.717) is 5.69 Å². The fraction of sp³-hybridized carbons (Fsp3) is 0.316. The number of anilines is 1. The van der Waals surface area contributed by atoms with Gasteiger partial charge in [0, 0.05) is 24.6 Å². The average Bonchev–Trinajstić information content (AvgIpc) is 2.63. The maximum absolute atomic E-state index is 14.1. The summed E-state index contributed by atoms with van der Waals surface area (Å²) in [7, 11) is 0. The van der Waals surface area contributed by atoms with Crippen molar-refractivity contribution >= 4 is 11.6 Å². The molecule has 0 spiro atoms. The number of nitrogens with zero attached hydrogens (tertiary/aromatic N) is 1. The fourth-order valence-corrected chi connectivity index (χ4v) is 3.41. The molecule has 1 heterocycles. The molecule has 2 aromatic rings. The van der Waals surface area contributed by atoms with Crippen molar-refractivity contribution in [2.24, 2.45) is 11.7 Å². The van der Waals surface area contributed by atoms with Crippen LogP contribution in [-0.2, 0) is 11.0 Å². The normalized spacial score (nSPS) is 20.8. The largest absolute Gasteiger partial charge is 0.416 e. The van der Waals surface area contributed by atoms with Crippen LogP contribution in [0.3, 0.4) is 0 Å². The minimum absolute atomic E-state index is 0.0888. The molecular weight excluding hydrogens is 367 g/mol. The first-order chi connectivity index (χ1) is 12.7. The number of hydrogen-bond donors (Lipinski definition) is 1. The SMILES string of the molecule is NC[C@H]1CN(c2ccc(C(F)(F)F)cc2)C(=O)C[C@@H]1c1cc(F)ccc1F. The number of amides is 1. The molecule has 1 aliphatic rings. The van der Waals surface area contributed by atoms with Crippen LogP contribution < -0.4 is 10.6 Å². The lowest BCUT2D eigenvalue weighted by Crippen LogP contribution is -2.46. The number of benzene rings is 2. The smallest absolute Gasteiger partial charge is 0.330 e. The molecule has 1 fully saturated rings. The van der Waals surface area contributed by atoms with Crippen LogP contribution in [0.2, 0.25) is 0 Å². The Morgan fingerprint density at radius 3 is 2.33 bits per heavy atom. The molecule has 0 aromatic heterocycles. The first-order valence-corrected chi connectivity index (χ1v) is 8.33. The Bertz CT molecular complexity index is 835. The Balaban J connectivity index is 1.86. The van der Waals surface area contributed by atoms with Gasteiger partial charge < -0.3 is 10.6 Å². The Morgan fingerprint density at radius 2 is 1.74 bits per heavy atom. The van der Waals surface area contributed by atoms with E-state index >= 15 is 0 Å². The minimum atomic E-state index is -4.47. The lowest BCUT2D eigenvalue weighted by molar-refractivity contribution is -0.137. The molecule has 27 heavy (non-hydrogen) atoms. The summed E-state index contributed by atoms with van der Waals surface area (Å²) in [6.07, 6.45) is -4.58. The van der Waals surface area contributed by atoms with Crippen molar-refractivity contribution < 1.29 is 26.7 Å². The van der Waals surface area contributed by atoms with Crippen LogP contribution in [0.25, 0.3) is 0 Å². The van der Waals surface area contributed by atoms with Gasteiger partial charge in [-0.25, -0.2) is 8.78 Å². The highest BCUT2D eigenvalue weighted by molar-refractivity contribution is 5.94. The second kappa shape index (κ2) is 7.26. The molecule has 0 aliphatic carbocycles. The van der Waals surface area contributed by atoms with E-state index in [-0.39, 0.29) is 36.9 Å². The molecule has 0 radical (unpaired) electrons. The molecule has 3 nitrogen and oxygen atoms in total. The van der Waals surface area contributed by atoms with Gasteiger partial charge in [-0.3, -0.25) is 4.79 Å². The second-order valence-electron chi connectivity index (χ2n) is 6.52. The van der Waals surface area contributed by atoms with E-state index in [1.165, 1.54) is 17.0 Å². The molecule has 0 bridgehead atoms. The molecule has 0 saturated carbocycles. The summed E-state index contributed by atoms with van der Waals surface area (Å²) in [5, 5.41) is 0. The van der Waals surface area contributed by atoms with Crippen molar-refractivity contribution in [2.75, 3.05) is 18.0 Å². The number of rotatable bonds is 3. The number of piperidine rings is 1. The van der Waals surface area contributed by atoms with Crippen LogP contribution >= 0.6 is 0 Å². The van der Waals surface area contributed by atoms with Gasteiger partial charge in [0.1, 0.15) is 11.6 Å². The number of carbonyl (C=O) groups excluding carboxylic acids is 1. The van der Waals surface area contributed by atoms with E-state index in [2.05, 4.69) is 0 Å². The summed E-state index contributed by atoms with van der Waals surface area (Å²) in [5.41, 5.74) is 5.37. The number of hydrogen-bond acceptors (Lipinski definition) is 2. The van der Waals surface area contributed by atoms with Gasteiger partial charge in [0.05, 0.1) is 5.56 Å². The molecule has 1 aliphatic heterocycles. The predicted molar refractivity (Wildman–Crippen MR) is 90.1 cm³/mol. The van der Waals surface area contributed by atoms with Gasteiger partial charge in [0.2, 0.25) is 5.91 Å². The summed E-state index contributed by atoms with van der Waals surface area (Å²) in [6.45, 7) is 0.229. The molecule has 144 valence electrons. The van der Waals surface area contributed by atoms with E-state index < -0.39 is 29.3 Å². The van der Waals surface area contributed by atoms with Crippen LogP contribution in [0, 0.1) is 17.6 Å². The first-order valence-electron chi connectivity index (χ1n) is 8.33. The van der Waals surface area contributed by atoms with Crippen molar-refractivity contribution in [1.82, 2.24) is 0 Å². The molecule has 1 amide bonds. The van der Waals surface area contributed by atoms with Gasteiger partial charge in [0.15, 0.2) is 0 Å². The van der Waals surface area contributed by atoms with Crippen molar-refractivity contribution in [3.05, 3.63) is 65.2 Å². The van der Waals surface area contributed by atoms with Crippen molar-refractivity contribution in [3.8, 4) is 0 Å². The van der Waals surface area contributed by atoms with E-state index in [9.17, 15) is 26.7 Å². The predicted octanol–water partition coefficient (Wildman–Crippen LogP) is 4.08. The Morgan fingerprint density at radius 1 is 1.07 bits per heavy atom. The zero-order chi connectivity index (χ0) is 19.8. The molecule has 2 atom stereocenters. The van der Waals surface area contributed by atoms with E-state index in [1.54, 1.807) is 0 Å². The van der Waals surface area contributed by atoms with E-state index in [0.717, 1.165) is 30.3 Å². The fourth-order valence-electron chi connectivity index (χ4n) is 3.41. The summed E-state index contributed by atoms with van der Waals surface area (Å²) in [6, 6.07) is 7.30. The minimum Gasteiger partial charge on any atom is -0.330 e. The number of halogens is 5. The maximum Gasteiger partial charge on any atom is 0.416 e. The number of carbonyl (C=O) groups is 1. The van der Waals surface area contributed by atoms with Gasteiger partial charge in [-0.15, -0.1) is 0 Å². The molecular formula is C19H17F5N2O. The summed E-state index contributed by atoms with van der Waals surface area (Å²) in [4.78, 5) is 13.9. The lowest BCUT2D eigenvalue weighted by Gasteiger charge is -2.38. The standard InChI is InChI=1S/C19H17F5N2O/c20-13-3-6-17(21)16(7-13)15-8-18(27)26(10-11(15)9-25)14-4-1-12(2-5-14)19(22,23)24/h1-7,11,15H,8-10,25H2/t11-,15-/m0/s1. The van der Waals surface area contributed by atoms with Crippen LogP contribution in [0.4, 0.5) is 27.6 Å². The molecule has 3 rings (SSSR count). The second-order valence-corrected chi connectivity index (χ2v) is 6.52. The molecule has 1 saturated heterocycles. The van der Waals surface area contributed by atoms with Crippen LogP contribution in [0.15, 0.2) is 42.5 Å². The molecule has 2 N–H and O–H groups in total. The average molecular weight is 384 g/mol. The third-order valence-corrected chi connectivity index (χ3v) is 4.85. The number of nitrogens with two attached hydrogens (primary N) is 1. The van der Waals surface area contributed by atoms with Gasteiger partial charge in [0.25, 0.3) is 0 Å². The highest BCUT2D eigenvalue weighted by Crippen LogP contribution is 2.37. The maximum atomic E-state index is 14.1. The molecule has 0 unspecified atom stereocenters. The Hall–Kier alpha value is -2.48. The van der Waals surface area contributed by atoms with Gasteiger partial charge in [-0.05, 0) is 60.5 Å². The van der Waals surface area contributed by atoms with Crippen LogP contribution in [0.1, 0.15) is 23.5 Å². The third kappa shape index (κ3) is 3.95. The zero-order valence-corrected chi connectivity index (χ0v) is 14.1. The highest BCUT2D eigenvalue weighted by Gasteiger charge is 2.37. The molecule has 8 heteroatoms. The molecule has 2 aromatic carbocycles. The van der Waals surface area contributed by atoms with Crippen LogP contribution in [0.5, 0.6) is 0 Å². The number of alkyl halides is 3. The van der Waals surface area contributed by atoms with E-state index in [1.807, 2.05) is 0 Å². The van der Waals surface area contributed by atoms with Crippen LogP contribution in [-0.4, -0.2) is 19.0 Å². The van der Waals surface area contributed by atoms with E-state index in [4.69, 9.17) is 5.73 Å². The van der Waals surface area contributed by atoms with Gasteiger partial charge >= 0.3 is 6.18 Å². The topological polar surface area (TPSA) is 46.3 Å². The zero-order valence-electron chi connectivity index (χ0n) is 14.1. The summed E-state index contributed by atoms with van der Waals surface area (Å²) < 4.78 is 65.8.